The van der Waals surface area contributed by atoms with Crippen molar-refractivity contribution in [2.45, 2.75) is 6.42 Å². The number of aromatic nitrogens is 4. The molecule has 3 heterocycles. The average molecular weight is 245 g/mol. The highest BCUT2D eigenvalue weighted by molar-refractivity contribution is 5.83. The van der Waals surface area contributed by atoms with Crippen LogP contribution in [0.25, 0.3) is 11.2 Å². The highest BCUT2D eigenvalue weighted by Crippen LogP contribution is 2.25. The average Bonchev–Trinajstić information content (AvgIpc) is 2.87. The molecule has 0 saturated carbocycles. The fraction of sp³-hybridized carbons (Fsp3) is 0.364. The van der Waals surface area contributed by atoms with Gasteiger partial charge in [0.2, 0.25) is 0 Å². The maximum atomic E-state index is 11.0. The van der Waals surface area contributed by atoms with Crippen LogP contribution in [0.15, 0.2) is 18.7 Å². The van der Waals surface area contributed by atoms with E-state index in [-0.39, 0.29) is 5.92 Å². The van der Waals surface area contributed by atoms with Crippen LogP contribution in [0.3, 0.4) is 0 Å². The number of rotatable bonds is 2. The number of carboxylic acids is 1. The number of carbonyl (C=O) groups is 1. The van der Waals surface area contributed by atoms with Gasteiger partial charge in [0.1, 0.15) is 6.33 Å². The Morgan fingerprint density at radius 1 is 1.28 bits per heavy atom. The predicted molar refractivity (Wildman–Crippen MR) is 63.1 cm³/mol. The molecule has 0 spiro atoms. The quantitative estimate of drug-likeness (QED) is 0.815. The summed E-state index contributed by atoms with van der Waals surface area (Å²) < 4.78 is 0. The van der Waals surface area contributed by atoms with Gasteiger partial charge >= 0.3 is 5.97 Å². The van der Waals surface area contributed by atoms with E-state index in [2.05, 4.69) is 19.9 Å². The monoisotopic (exact) mass is 245 g/mol. The second kappa shape index (κ2) is 4.17. The van der Waals surface area contributed by atoms with Crippen molar-refractivity contribution < 1.29 is 9.90 Å². The molecule has 1 fully saturated rings. The number of carboxylic acid groups (broad SMARTS) is 1. The molecule has 7 heteroatoms. The van der Waals surface area contributed by atoms with Crippen molar-refractivity contribution in [3.63, 3.8) is 0 Å². The van der Waals surface area contributed by atoms with Crippen LogP contribution in [0.2, 0.25) is 0 Å². The van der Waals surface area contributed by atoms with Crippen LogP contribution in [0.5, 0.6) is 0 Å². The Labute approximate surface area is 103 Å². The van der Waals surface area contributed by atoms with Crippen molar-refractivity contribution in [3.8, 4) is 0 Å². The summed E-state index contributed by atoms with van der Waals surface area (Å²) in [6.45, 7) is 1.12. The summed E-state index contributed by atoms with van der Waals surface area (Å²) in [4.78, 5) is 29.5. The first-order valence-electron chi connectivity index (χ1n) is 5.65. The Morgan fingerprint density at radius 3 is 2.89 bits per heavy atom. The molecule has 0 bridgehead atoms. The Bertz CT molecular complexity index is 598. The van der Waals surface area contributed by atoms with Crippen LogP contribution in [0.1, 0.15) is 6.42 Å². The molecule has 1 atom stereocenters. The van der Waals surface area contributed by atoms with Gasteiger partial charge in [-0.1, -0.05) is 0 Å². The number of hydrogen-bond acceptors (Lipinski definition) is 6. The molecule has 2 aromatic heterocycles. The molecule has 1 aliphatic heterocycles. The maximum Gasteiger partial charge on any atom is 0.308 e. The van der Waals surface area contributed by atoms with Gasteiger partial charge in [-0.25, -0.2) is 19.9 Å². The van der Waals surface area contributed by atoms with Gasteiger partial charge in [-0.05, 0) is 6.42 Å². The minimum absolute atomic E-state index is 0.341. The molecule has 18 heavy (non-hydrogen) atoms. The van der Waals surface area contributed by atoms with E-state index in [1.807, 2.05) is 4.90 Å². The summed E-state index contributed by atoms with van der Waals surface area (Å²) >= 11 is 0. The smallest absolute Gasteiger partial charge is 0.308 e. The van der Waals surface area contributed by atoms with Gasteiger partial charge < -0.3 is 10.0 Å². The second-order valence-electron chi connectivity index (χ2n) is 4.20. The summed E-state index contributed by atoms with van der Waals surface area (Å²) in [6, 6.07) is 0. The van der Waals surface area contributed by atoms with Crippen LogP contribution in [0.4, 0.5) is 5.82 Å². The summed E-state index contributed by atoms with van der Waals surface area (Å²) in [5.41, 5.74) is 1.15. The molecule has 0 aromatic carbocycles. The molecule has 2 aromatic rings. The van der Waals surface area contributed by atoms with Gasteiger partial charge in [0.05, 0.1) is 5.92 Å². The number of hydrogen-bond donors (Lipinski definition) is 1. The second-order valence-corrected chi connectivity index (χ2v) is 4.20. The Kier molecular flexibility index (Phi) is 2.51. The van der Waals surface area contributed by atoms with Crippen molar-refractivity contribution in [1.82, 2.24) is 19.9 Å². The van der Waals surface area contributed by atoms with E-state index in [1.54, 1.807) is 12.4 Å². The van der Waals surface area contributed by atoms with E-state index in [1.165, 1.54) is 6.33 Å². The predicted octanol–water partition coefficient (Wildman–Crippen LogP) is 0.331. The number of fused-ring (bicyclic) bond motifs is 1. The van der Waals surface area contributed by atoms with E-state index < -0.39 is 5.97 Å². The van der Waals surface area contributed by atoms with Crippen LogP contribution in [-0.4, -0.2) is 44.1 Å². The van der Waals surface area contributed by atoms with Crippen molar-refractivity contribution in [2.75, 3.05) is 18.0 Å². The Morgan fingerprint density at radius 2 is 2.11 bits per heavy atom. The zero-order chi connectivity index (χ0) is 12.5. The number of aliphatic carboxylic acids is 1. The van der Waals surface area contributed by atoms with Gasteiger partial charge in [-0.15, -0.1) is 0 Å². The molecular weight excluding hydrogens is 234 g/mol. The summed E-state index contributed by atoms with van der Waals surface area (Å²) in [5.74, 6) is -0.439. The van der Waals surface area contributed by atoms with Crippen LogP contribution >= 0.6 is 0 Å². The van der Waals surface area contributed by atoms with Gasteiger partial charge in [0, 0.05) is 25.5 Å². The lowest BCUT2D eigenvalue weighted by Gasteiger charge is -2.17. The maximum absolute atomic E-state index is 11.0. The number of anilines is 1. The van der Waals surface area contributed by atoms with Crippen LogP contribution in [-0.2, 0) is 4.79 Å². The molecule has 0 radical (unpaired) electrons. The molecule has 1 unspecified atom stereocenters. The molecular formula is C11H11N5O2. The molecule has 1 saturated heterocycles. The minimum Gasteiger partial charge on any atom is -0.481 e. The summed E-state index contributed by atoms with van der Waals surface area (Å²) in [7, 11) is 0. The van der Waals surface area contributed by atoms with Gasteiger partial charge in [0.15, 0.2) is 17.0 Å². The third-order valence-corrected chi connectivity index (χ3v) is 3.09. The highest BCUT2D eigenvalue weighted by atomic mass is 16.4. The standard InChI is InChI=1S/C11H11N5O2/c17-11(18)7-1-4-16(5-7)10-8-9(14-6-15-10)13-3-2-12-8/h2-3,6-7H,1,4-5H2,(H,17,18). The lowest BCUT2D eigenvalue weighted by Crippen LogP contribution is -2.24. The van der Waals surface area contributed by atoms with Crippen molar-refractivity contribution in [2.24, 2.45) is 5.92 Å². The first kappa shape index (κ1) is 10.8. The van der Waals surface area contributed by atoms with Crippen molar-refractivity contribution >= 4 is 23.0 Å². The molecule has 1 aliphatic rings. The van der Waals surface area contributed by atoms with Crippen molar-refractivity contribution in [3.05, 3.63) is 18.7 Å². The largest absolute Gasteiger partial charge is 0.481 e. The topological polar surface area (TPSA) is 92.1 Å². The van der Waals surface area contributed by atoms with Gasteiger partial charge in [0.25, 0.3) is 0 Å². The molecule has 92 valence electrons. The fourth-order valence-corrected chi connectivity index (χ4v) is 2.17. The summed E-state index contributed by atoms with van der Waals surface area (Å²) in [5, 5.41) is 9.00. The van der Waals surface area contributed by atoms with E-state index in [9.17, 15) is 4.79 Å². The SMILES string of the molecule is O=C(O)C1CCN(c2ncnc3nccnc23)C1. The highest BCUT2D eigenvalue weighted by Gasteiger charge is 2.29. The Hall–Kier alpha value is -2.31. The molecule has 1 N–H and O–H groups in total. The van der Waals surface area contributed by atoms with Gasteiger partial charge in [-0.2, -0.15) is 0 Å². The third-order valence-electron chi connectivity index (χ3n) is 3.09. The third kappa shape index (κ3) is 1.73. The fourth-order valence-electron chi connectivity index (χ4n) is 2.17. The summed E-state index contributed by atoms with van der Waals surface area (Å²) in [6.07, 6.45) is 5.21. The van der Waals surface area contributed by atoms with E-state index in [4.69, 9.17) is 5.11 Å². The lowest BCUT2D eigenvalue weighted by atomic mass is 10.1. The normalized spacial score (nSPS) is 19.3. The first-order chi connectivity index (χ1) is 8.75. The number of nitrogens with zero attached hydrogens (tertiary/aromatic N) is 5. The molecule has 0 amide bonds. The Balaban J connectivity index is 1.98. The zero-order valence-corrected chi connectivity index (χ0v) is 9.52. The lowest BCUT2D eigenvalue weighted by molar-refractivity contribution is -0.140. The van der Waals surface area contributed by atoms with Crippen LogP contribution < -0.4 is 4.90 Å². The van der Waals surface area contributed by atoms with Crippen LogP contribution in [0, 0.1) is 5.92 Å². The minimum atomic E-state index is -0.762. The first-order valence-corrected chi connectivity index (χ1v) is 5.65. The van der Waals surface area contributed by atoms with E-state index >= 15 is 0 Å². The van der Waals surface area contributed by atoms with Crippen molar-refractivity contribution in [1.29, 1.82) is 0 Å². The van der Waals surface area contributed by atoms with E-state index in [0.717, 1.165) is 0 Å². The van der Waals surface area contributed by atoms with E-state index in [0.29, 0.717) is 36.5 Å². The molecule has 7 nitrogen and oxygen atoms in total. The van der Waals surface area contributed by atoms with Gasteiger partial charge in [-0.3, -0.25) is 4.79 Å². The molecule has 3 rings (SSSR count). The zero-order valence-electron chi connectivity index (χ0n) is 9.52. The molecule has 0 aliphatic carbocycles.